The minimum absolute atomic E-state index is 0.146. The Bertz CT molecular complexity index is 647. The van der Waals surface area contributed by atoms with Gasteiger partial charge in [-0.25, -0.2) is 4.39 Å². The number of halogens is 1. The van der Waals surface area contributed by atoms with Gasteiger partial charge in [0.2, 0.25) is 0 Å². The van der Waals surface area contributed by atoms with E-state index in [0.717, 1.165) is 5.56 Å². The third-order valence-electron chi connectivity index (χ3n) is 2.95. The summed E-state index contributed by atoms with van der Waals surface area (Å²) in [5, 5.41) is 18.6. The molecule has 0 amide bonds. The third-order valence-corrected chi connectivity index (χ3v) is 2.95. The van der Waals surface area contributed by atoms with Gasteiger partial charge in [-0.3, -0.25) is 0 Å². The lowest BCUT2D eigenvalue weighted by atomic mass is 10.1. The average Bonchev–Trinajstić information content (AvgIpc) is 2.45. The Labute approximate surface area is 116 Å². The van der Waals surface area contributed by atoms with Crippen molar-refractivity contribution in [2.75, 3.05) is 0 Å². The van der Waals surface area contributed by atoms with Gasteiger partial charge in [0.25, 0.3) is 0 Å². The molecule has 102 valence electrons. The van der Waals surface area contributed by atoms with Crippen molar-refractivity contribution in [3.05, 3.63) is 65.0 Å². The second-order valence-corrected chi connectivity index (χ2v) is 4.42. The zero-order valence-electron chi connectivity index (χ0n) is 11.0. The minimum atomic E-state index is -0.753. The predicted molar refractivity (Wildman–Crippen MR) is 72.5 cm³/mol. The summed E-state index contributed by atoms with van der Waals surface area (Å²) in [6.07, 6.45) is -0.753. The number of hydrogen-bond donors (Lipinski definition) is 1. The number of ether oxygens (including phenoxy) is 1. The zero-order chi connectivity index (χ0) is 14.5. The molecule has 0 aliphatic heterocycles. The Morgan fingerprint density at radius 2 is 2.05 bits per heavy atom. The summed E-state index contributed by atoms with van der Waals surface area (Å²) in [4.78, 5) is 0. The summed E-state index contributed by atoms with van der Waals surface area (Å²) in [5.41, 5.74) is 1.75. The molecule has 1 N–H and O–H groups in total. The van der Waals surface area contributed by atoms with Gasteiger partial charge in [0.15, 0.2) is 0 Å². The summed E-state index contributed by atoms with van der Waals surface area (Å²) in [6, 6.07) is 13.1. The van der Waals surface area contributed by atoms with E-state index in [9.17, 15) is 9.50 Å². The fourth-order valence-electron chi connectivity index (χ4n) is 1.89. The lowest BCUT2D eigenvalue weighted by Gasteiger charge is -2.14. The van der Waals surface area contributed by atoms with Crippen molar-refractivity contribution in [2.24, 2.45) is 0 Å². The first-order valence-corrected chi connectivity index (χ1v) is 6.20. The van der Waals surface area contributed by atoms with Gasteiger partial charge in [-0.1, -0.05) is 18.2 Å². The molecule has 0 fully saturated rings. The highest BCUT2D eigenvalue weighted by molar-refractivity contribution is 5.39. The lowest BCUT2D eigenvalue weighted by Crippen LogP contribution is -2.03. The van der Waals surface area contributed by atoms with Crippen LogP contribution < -0.4 is 4.74 Å². The van der Waals surface area contributed by atoms with E-state index in [4.69, 9.17) is 10.00 Å². The highest BCUT2D eigenvalue weighted by Crippen LogP contribution is 2.27. The average molecular weight is 271 g/mol. The first kappa shape index (κ1) is 14.0. The van der Waals surface area contributed by atoms with Gasteiger partial charge in [-0.2, -0.15) is 5.26 Å². The Kier molecular flexibility index (Phi) is 4.34. The van der Waals surface area contributed by atoms with Crippen LogP contribution >= 0.6 is 0 Å². The van der Waals surface area contributed by atoms with Gasteiger partial charge in [0, 0.05) is 17.2 Å². The lowest BCUT2D eigenvalue weighted by molar-refractivity contribution is 0.190. The summed E-state index contributed by atoms with van der Waals surface area (Å²) in [5.74, 6) is -0.147. The van der Waals surface area contributed by atoms with Crippen LogP contribution in [0.25, 0.3) is 0 Å². The maximum Gasteiger partial charge on any atom is 0.128 e. The fourth-order valence-corrected chi connectivity index (χ4v) is 1.89. The molecule has 0 radical (unpaired) electrons. The molecule has 0 saturated carbocycles. The molecule has 1 atom stereocenters. The fraction of sp³-hybridized carbons (Fsp3) is 0.188. The number of rotatable bonds is 4. The number of aliphatic hydroxyl groups excluding tert-OH is 1. The highest BCUT2D eigenvalue weighted by atomic mass is 19.1. The van der Waals surface area contributed by atoms with Crippen LogP contribution in [0.3, 0.4) is 0 Å². The molecule has 0 heterocycles. The van der Waals surface area contributed by atoms with Crippen LogP contribution in [0.2, 0.25) is 0 Å². The molecule has 3 nitrogen and oxygen atoms in total. The number of benzene rings is 2. The van der Waals surface area contributed by atoms with Gasteiger partial charge in [0.1, 0.15) is 18.2 Å². The number of nitrogens with zero attached hydrogens (tertiary/aromatic N) is 1. The zero-order valence-corrected chi connectivity index (χ0v) is 11.0. The molecular formula is C16H14FNO2. The number of nitriles is 1. The highest BCUT2D eigenvalue weighted by Gasteiger charge is 2.11. The molecule has 0 spiro atoms. The van der Waals surface area contributed by atoms with E-state index in [1.807, 2.05) is 0 Å². The molecule has 2 rings (SSSR count). The van der Waals surface area contributed by atoms with E-state index in [1.165, 1.54) is 18.2 Å². The van der Waals surface area contributed by atoms with Crippen LogP contribution in [0.4, 0.5) is 4.39 Å². The van der Waals surface area contributed by atoms with Crippen molar-refractivity contribution < 1.29 is 14.2 Å². The van der Waals surface area contributed by atoms with E-state index >= 15 is 0 Å². The quantitative estimate of drug-likeness (QED) is 0.928. The third kappa shape index (κ3) is 3.14. The summed E-state index contributed by atoms with van der Waals surface area (Å²) in [6.45, 7) is 1.73. The SMILES string of the molecule is C[C@H](O)c1ccc(F)cc1OCc1ccccc1C#N. The molecule has 0 saturated heterocycles. The van der Waals surface area contributed by atoms with Crippen molar-refractivity contribution in [2.45, 2.75) is 19.6 Å². The minimum Gasteiger partial charge on any atom is -0.488 e. The Morgan fingerprint density at radius 3 is 2.75 bits per heavy atom. The van der Waals surface area contributed by atoms with Crippen LogP contribution in [0.15, 0.2) is 42.5 Å². The number of aliphatic hydroxyl groups is 1. The molecule has 20 heavy (non-hydrogen) atoms. The summed E-state index contributed by atoms with van der Waals surface area (Å²) in [7, 11) is 0. The molecule has 2 aromatic carbocycles. The van der Waals surface area contributed by atoms with Crippen LogP contribution in [-0.4, -0.2) is 5.11 Å². The van der Waals surface area contributed by atoms with Gasteiger partial charge in [-0.05, 0) is 25.1 Å². The van der Waals surface area contributed by atoms with Crippen LogP contribution in [0.1, 0.15) is 29.7 Å². The molecule has 0 aliphatic rings. The maximum atomic E-state index is 13.3. The summed E-state index contributed by atoms with van der Waals surface area (Å²) < 4.78 is 18.8. The van der Waals surface area contributed by atoms with Crippen molar-refractivity contribution in [3.63, 3.8) is 0 Å². The van der Waals surface area contributed by atoms with E-state index < -0.39 is 11.9 Å². The Hall–Kier alpha value is -2.38. The standard InChI is InChI=1S/C16H14FNO2/c1-11(19)15-7-6-14(17)8-16(15)20-10-13-5-3-2-4-12(13)9-18/h2-8,11,19H,10H2,1H3/t11-/m0/s1. The van der Waals surface area contributed by atoms with E-state index in [0.29, 0.717) is 11.1 Å². The van der Waals surface area contributed by atoms with Crippen molar-refractivity contribution in [1.29, 1.82) is 5.26 Å². The molecule has 4 heteroatoms. The van der Waals surface area contributed by atoms with Crippen LogP contribution in [0, 0.1) is 17.1 Å². The van der Waals surface area contributed by atoms with Gasteiger partial charge in [-0.15, -0.1) is 0 Å². The van der Waals surface area contributed by atoms with Crippen LogP contribution in [-0.2, 0) is 6.61 Å². The smallest absolute Gasteiger partial charge is 0.128 e. The maximum absolute atomic E-state index is 13.3. The van der Waals surface area contributed by atoms with Crippen molar-refractivity contribution in [1.82, 2.24) is 0 Å². The molecule has 0 aromatic heterocycles. The first-order chi connectivity index (χ1) is 9.61. The first-order valence-electron chi connectivity index (χ1n) is 6.20. The normalized spacial score (nSPS) is 11.7. The Balaban J connectivity index is 2.23. The van der Waals surface area contributed by atoms with E-state index in [2.05, 4.69) is 6.07 Å². The monoisotopic (exact) mass is 271 g/mol. The van der Waals surface area contributed by atoms with E-state index in [-0.39, 0.29) is 12.4 Å². The van der Waals surface area contributed by atoms with Gasteiger partial charge in [0.05, 0.1) is 17.7 Å². The molecule has 0 aliphatic carbocycles. The molecule has 0 unspecified atom stereocenters. The van der Waals surface area contributed by atoms with Gasteiger partial charge >= 0.3 is 0 Å². The second-order valence-electron chi connectivity index (χ2n) is 4.42. The van der Waals surface area contributed by atoms with E-state index in [1.54, 1.807) is 31.2 Å². The van der Waals surface area contributed by atoms with Gasteiger partial charge < -0.3 is 9.84 Å². The largest absolute Gasteiger partial charge is 0.488 e. The van der Waals surface area contributed by atoms with Crippen molar-refractivity contribution >= 4 is 0 Å². The number of hydrogen-bond acceptors (Lipinski definition) is 3. The molecule has 2 aromatic rings. The predicted octanol–water partition coefficient (Wildman–Crippen LogP) is 3.33. The van der Waals surface area contributed by atoms with Crippen LogP contribution in [0.5, 0.6) is 5.75 Å². The summed E-state index contributed by atoms with van der Waals surface area (Å²) >= 11 is 0. The second kappa shape index (κ2) is 6.18. The molecule has 0 bridgehead atoms. The topological polar surface area (TPSA) is 53.2 Å². The van der Waals surface area contributed by atoms with Crippen molar-refractivity contribution in [3.8, 4) is 11.8 Å². The molecular weight excluding hydrogens is 257 g/mol. The Morgan fingerprint density at radius 1 is 1.30 bits per heavy atom.